The summed E-state index contributed by atoms with van der Waals surface area (Å²) in [6, 6.07) is 15.6. The number of likely N-dealkylation sites (N-methyl/N-ethyl adjacent to an activating group) is 2. The van der Waals surface area contributed by atoms with Gasteiger partial charge in [0.15, 0.2) is 46.0 Å². The minimum absolute atomic E-state index is 0.0171. The smallest absolute Gasteiger partial charge is 0.201 e. The summed E-state index contributed by atoms with van der Waals surface area (Å²) in [6.07, 6.45) is 2.21. The molecule has 2 heterocycles. The zero-order valence-electron chi connectivity index (χ0n) is 28.8. The lowest BCUT2D eigenvalue weighted by atomic mass is 9.87. The van der Waals surface area contributed by atoms with Crippen molar-refractivity contribution in [1.82, 2.24) is 4.90 Å². The fourth-order valence-electron chi connectivity index (χ4n) is 7.19. The maximum absolute atomic E-state index is 13.9. The van der Waals surface area contributed by atoms with Crippen LogP contribution in [0, 0.1) is 5.21 Å². The molecule has 1 unspecified atom stereocenters. The molecule has 0 fully saturated rings. The van der Waals surface area contributed by atoms with Gasteiger partial charge < -0.3 is 48.9 Å². The van der Waals surface area contributed by atoms with Gasteiger partial charge in [-0.25, -0.2) is 0 Å². The summed E-state index contributed by atoms with van der Waals surface area (Å²) >= 11 is 0. The molecule has 0 saturated heterocycles. The third kappa shape index (κ3) is 6.49. The maximum Gasteiger partial charge on any atom is 0.201 e. The Hall–Kier alpha value is -4.84. The Balaban J connectivity index is 1.37. The number of ether oxygens (including phenoxy) is 5. The Morgan fingerprint density at radius 2 is 1.35 bits per heavy atom. The monoisotopic (exact) mass is 672 g/mol. The van der Waals surface area contributed by atoms with Crippen molar-refractivity contribution in [2.24, 2.45) is 0 Å². The zero-order chi connectivity index (χ0) is 35.0. The number of nitrogens with zero attached hydrogens (tertiary/aromatic N) is 2. The van der Waals surface area contributed by atoms with Gasteiger partial charge in [0.1, 0.15) is 6.04 Å². The highest BCUT2D eigenvalue weighted by Gasteiger charge is 2.36. The third-order valence-corrected chi connectivity index (χ3v) is 10.0. The van der Waals surface area contributed by atoms with Crippen LogP contribution in [0.25, 0.3) is 0 Å². The molecule has 0 aromatic heterocycles. The Bertz CT molecular complexity index is 1860. The topological polar surface area (TPSA) is 133 Å². The lowest BCUT2D eigenvalue weighted by molar-refractivity contribution is -0.894. The molecular weight excluding hydrogens is 628 g/mol. The normalized spacial score (nSPS) is 20.2. The number of hydroxylamine groups is 3. The molecule has 11 heteroatoms. The number of methoxy groups -OCH3 is 4. The van der Waals surface area contributed by atoms with E-state index in [0.29, 0.717) is 47.9 Å². The Kier molecular flexibility index (Phi) is 9.43. The van der Waals surface area contributed by atoms with E-state index in [1.807, 2.05) is 24.3 Å². The number of phenols is 3. The van der Waals surface area contributed by atoms with Crippen LogP contribution in [-0.2, 0) is 25.7 Å². The minimum atomic E-state index is -0.596. The highest BCUT2D eigenvalue weighted by atomic mass is 16.5. The van der Waals surface area contributed by atoms with E-state index in [9.17, 15) is 20.5 Å². The van der Waals surface area contributed by atoms with Gasteiger partial charge in [0.2, 0.25) is 5.75 Å². The molecule has 260 valence electrons. The molecule has 11 nitrogen and oxygen atoms in total. The summed E-state index contributed by atoms with van der Waals surface area (Å²) in [7, 11) is 9.75. The molecule has 6 rings (SSSR count). The van der Waals surface area contributed by atoms with Crippen LogP contribution in [0.15, 0.2) is 54.6 Å². The quantitative estimate of drug-likeness (QED) is 0.132. The van der Waals surface area contributed by atoms with Gasteiger partial charge in [0.05, 0.1) is 42.0 Å². The van der Waals surface area contributed by atoms with Crippen LogP contribution in [0.4, 0.5) is 0 Å². The first kappa shape index (κ1) is 34.0. The van der Waals surface area contributed by atoms with Crippen molar-refractivity contribution in [3.8, 4) is 51.7 Å². The largest absolute Gasteiger partial charge is 0.633 e. The number of benzene rings is 4. The van der Waals surface area contributed by atoms with Crippen LogP contribution < -0.4 is 23.7 Å². The SMILES string of the molecule is COc1cc2c(cc1O)[C@H](Cc1ccc(OC)c(Oc3c(C[C@H]4c5cc(O)c(OC)cc5CC[N+]4(C)[O-])ccc(OC)c3O)c1)N(C)CC2. The number of fused-ring (bicyclic) bond motifs is 2. The molecule has 0 saturated carbocycles. The van der Waals surface area contributed by atoms with Crippen LogP contribution in [0.2, 0.25) is 0 Å². The number of hydrogen-bond acceptors (Lipinski definition) is 10. The standard InChI is InChI=1S/C38H44N2O9/c1-39-13-11-23-18-34(47-5)30(41)20-26(23)28(39)15-22-7-9-32(45-3)36(16-22)49-38-25(8-10-33(46-4)37(38)43)17-29-27-21-31(42)35(48-6)19-24(27)12-14-40(29,2)44/h7-10,16,18-21,28-29,41-43H,11-15,17H2,1-6H3/t28-,29-,40?/m0/s1. The van der Waals surface area contributed by atoms with Gasteiger partial charge >= 0.3 is 0 Å². The van der Waals surface area contributed by atoms with Crippen molar-refractivity contribution in [2.45, 2.75) is 37.8 Å². The molecule has 3 atom stereocenters. The fraction of sp³-hybridized carbons (Fsp3) is 0.368. The molecule has 4 aromatic rings. The fourth-order valence-corrected chi connectivity index (χ4v) is 7.19. The van der Waals surface area contributed by atoms with E-state index in [2.05, 4.69) is 11.9 Å². The second kappa shape index (κ2) is 13.6. The predicted octanol–water partition coefficient (Wildman–Crippen LogP) is 6.19. The van der Waals surface area contributed by atoms with Gasteiger partial charge in [-0.15, -0.1) is 0 Å². The second-order valence-electron chi connectivity index (χ2n) is 13.0. The lowest BCUT2D eigenvalue weighted by Gasteiger charge is -2.49. The summed E-state index contributed by atoms with van der Waals surface area (Å²) in [5.74, 6) is 1.89. The first-order valence-corrected chi connectivity index (χ1v) is 16.3. The van der Waals surface area contributed by atoms with Gasteiger partial charge in [-0.05, 0) is 84.6 Å². The molecule has 0 spiro atoms. The van der Waals surface area contributed by atoms with Crippen molar-refractivity contribution in [3.63, 3.8) is 0 Å². The van der Waals surface area contributed by atoms with Gasteiger partial charge in [-0.1, -0.05) is 12.1 Å². The Labute approximate surface area is 286 Å². The van der Waals surface area contributed by atoms with Gasteiger partial charge in [0, 0.05) is 36.6 Å². The van der Waals surface area contributed by atoms with Crippen molar-refractivity contribution in [2.75, 3.05) is 55.6 Å². The Morgan fingerprint density at radius 3 is 2.00 bits per heavy atom. The first-order chi connectivity index (χ1) is 23.5. The molecule has 0 bridgehead atoms. The predicted molar refractivity (Wildman–Crippen MR) is 184 cm³/mol. The van der Waals surface area contributed by atoms with E-state index in [-0.39, 0.29) is 41.2 Å². The zero-order valence-corrected chi connectivity index (χ0v) is 28.8. The lowest BCUT2D eigenvalue weighted by Crippen LogP contribution is -2.47. The average Bonchev–Trinajstić information content (AvgIpc) is 3.08. The van der Waals surface area contributed by atoms with Crippen LogP contribution in [0.5, 0.6) is 51.7 Å². The van der Waals surface area contributed by atoms with Crippen molar-refractivity contribution < 1.29 is 43.7 Å². The highest BCUT2D eigenvalue weighted by Crippen LogP contribution is 2.48. The first-order valence-electron chi connectivity index (χ1n) is 16.3. The van der Waals surface area contributed by atoms with Gasteiger partial charge in [-0.2, -0.15) is 0 Å². The average molecular weight is 673 g/mol. The van der Waals surface area contributed by atoms with Crippen LogP contribution in [0.1, 0.15) is 45.5 Å². The molecule has 0 radical (unpaired) electrons. The molecular formula is C38H44N2O9. The summed E-state index contributed by atoms with van der Waals surface area (Å²) in [4.78, 5) is 2.26. The Morgan fingerprint density at radius 1 is 0.735 bits per heavy atom. The van der Waals surface area contributed by atoms with E-state index in [0.717, 1.165) is 40.8 Å². The summed E-state index contributed by atoms with van der Waals surface area (Å²) in [5.41, 5.74) is 5.37. The van der Waals surface area contributed by atoms with Crippen LogP contribution in [0.3, 0.4) is 0 Å². The van der Waals surface area contributed by atoms with E-state index < -0.39 is 10.7 Å². The molecule has 2 aliphatic heterocycles. The molecule has 0 amide bonds. The summed E-state index contributed by atoms with van der Waals surface area (Å²) < 4.78 is 27.8. The third-order valence-electron chi connectivity index (χ3n) is 10.0. The summed E-state index contributed by atoms with van der Waals surface area (Å²) in [5, 5.41) is 46.6. The number of quaternary nitrogens is 1. The number of phenolic OH excluding ortho intramolecular Hbond substituents is 3. The highest BCUT2D eigenvalue weighted by molar-refractivity contribution is 5.59. The van der Waals surface area contributed by atoms with Crippen molar-refractivity contribution in [1.29, 1.82) is 0 Å². The molecule has 2 aliphatic rings. The number of rotatable bonds is 10. The molecule has 4 aromatic carbocycles. The van der Waals surface area contributed by atoms with Crippen LogP contribution >= 0.6 is 0 Å². The van der Waals surface area contributed by atoms with E-state index in [4.69, 9.17) is 23.7 Å². The van der Waals surface area contributed by atoms with Crippen molar-refractivity contribution >= 4 is 0 Å². The number of aromatic hydroxyl groups is 3. The van der Waals surface area contributed by atoms with Crippen molar-refractivity contribution in [3.05, 3.63) is 93.2 Å². The number of hydrogen-bond donors (Lipinski definition) is 3. The molecule has 49 heavy (non-hydrogen) atoms. The van der Waals surface area contributed by atoms with E-state index in [1.54, 1.807) is 51.6 Å². The minimum Gasteiger partial charge on any atom is -0.633 e. The summed E-state index contributed by atoms with van der Waals surface area (Å²) in [6.45, 7) is 1.18. The molecule has 3 N–H and O–H groups in total. The van der Waals surface area contributed by atoms with Gasteiger partial charge in [0.25, 0.3) is 0 Å². The molecule has 0 aliphatic carbocycles. The van der Waals surface area contributed by atoms with Gasteiger partial charge in [-0.3, -0.25) is 4.90 Å². The van der Waals surface area contributed by atoms with E-state index in [1.165, 1.54) is 14.2 Å². The second-order valence-corrected chi connectivity index (χ2v) is 13.0. The van der Waals surface area contributed by atoms with Crippen LogP contribution in [-0.4, -0.2) is 80.5 Å². The van der Waals surface area contributed by atoms with E-state index >= 15 is 0 Å². The maximum atomic E-state index is 13.9.